The van der Waals surface area contributed by atoms with Crippen LogP contribution in [0, 0.1) is 5.82 Å². The van der Waals surface area contributed by atoms with Gasteiger partial charge in [-0.1, -0.05) is 12.1 Å². The molecule has 1 atom stereocenters. The molecule has 1 aromatic carbocycles. The van der Waals surface area contributed by atoms with Crippen molar-refractivity contribution in [3.63, 3.8) is 0 Å². The van der Waals surface area contributed by atoms with Gasteiger partial charge in [0.05, 0.1) is 19.8 Å². The number of halogens is 1. The van der Waals surface area contributed by atoms with Crippen molar-refractivity contribution >= 4 is 5.91 Å². The lowest BCUT2D eigenvalue weighted by Gasteiger charge is -2.38. The lowest BCUT2D eigenvalue weighted by molar-refractivity contribution is -0.163. The molecule has 5 heteroatoms. The van der Waals surface area contributed by atoms with Gasteiger partial charge in [-0.05, 0) is 38.5 Å². The highest BCUT2D eigenvalue weighted by atomic mass is 19.1. The molecule has 1 aliphatic rings. The van der Waals surface area contributed by atoms with Crippen LogP contribution in [0.15, 0.2) is 24.3 Å². The minimum atomic E-state index is -0.557. The van der Waals surface area contributed by atoms with Crippen molar-refractivity contribution in [2.45, 2.75) is 39.0 Å². The number of benzene rings is 1. The molecule has 0 aliphatic carbocycles. The monoisotopic (exact) mass is 295 g/mol. The van der Waals surface area contributed by atoms with E-state index >= 15 is 0 Å². The molecule has 1 heterocycles. The average Bonchev–Trinajstić information content (AvgIpc) is 2.45. The van der Waals surface area contributed by atoms with Gasteiger partial charge in [0.25, 0.3) is 5.91 Å². The summed E-state index contributed by atoms with van der Waals surface area (Å²) in [5.74, 6) is -0.372. The van der Waals surface area contributed by atoms with Gasteiger partial charge in [-0.2, -0.15) is 0 Å². The largest absolute Gasteiger partial charge is 0.376 e. The molecule has 2 rings (SSSR count). The zero-order chi connectivity index (χ0) is 15.5. The molecular formula is C16H22FNO3. The minimum absolute atomic E-state index is 0.0912. The summed E-state index contributed by atoms with van der Waals surface area (Å²) in [6.07, 6.45) is -0.557. The predicted molar refractivity (Wildman–Crippen MR) is 77.3 cm³/mol. The molecule has 116 valence electrons. The second-order valence-corrected chi connectivity index (χ2v) is 6.16. The number of rotatable bonds is 3. The van der Waals surface area contributed by atoms with Crippen LogP contribution in [0.25, 0.3) is 0 Å². The molecule has 1 amide bonds. The van der Waals surface area contributed by atoms with Gasteiger partial charge in [0.2, 0.25) is 0 Å². The lowest BCUT2D eigenvalue weighted by atomic mass is 10.0. The van der Waals surface area contributed by atoms with Gasteiger partial charge >= 0.3 is 0 Å². The zero-order valence-corrected chi connectivity index (χ0v) is 12.8. The Labute approximate surface area is 124 Å². The van der Waals surface area contributed by atoms with E-state index in [2.05, 4.69) is 0 Å². The molecule has 0 bridgehead atoms. The van der Waals surface area contributed by atoms with Crippen LogP contribution in [-0.2, 0) is 20.8 Å². The van der Waals surface area contributed by atoms with Crippen LogP contribution in [0.4, 0.5) is 4.39 Å². The Morgan fingerprint density at radius 2 is 1.95 bits per heavy atom. The fraction of sp³-hybridized carbons (Fsp3) is 0.562. The summed E-state index contributed by atoms with van der Waals surface area (Å²) in [7, 11) is 0. The number of ether oxygens (including phenoxy) is 2. The van der Waals surface area contributed by atoms with Crippen molar-refractivity contribution in [2.75, 3.05) is 19.8 Å². The maximum Gasteiger partial charge on any atom is 0.254 e. The summed E-state index contributed by atoms with van der Waals surface area (Å²) in [5.41, 5.74) is 0.531. The molecule has 0 saturated carbocycles. The molecule has 0 N–H and O–H groups in total. The minimum Gasteiger partial charge on any atom is -0.376 e. The van der Waals surface area contributed by atoms with Gasteiger partial charge < -0.3 is 14.4 Å². The second-order valence-electron chi connectivity index (χ2n) is 6.16. The third-order valence-electron chi connectivity index (χ3n) is 3.42. The first-order chi connectivity index (χ1) is 9.88. The van der Waals surface area contributed by atoms with E-state index in [1.165, 1.54) is 12.1 Å². The van der Waals surface area contributed by atoms with E-state index in [4.69, 9.17) is 9.47 Å². The molecule has 1 saturated heterocycles. The third-order valence-corrected chi connectivity index (χ3v) is 3.42. The summed E-state index contributed by atoms with van der Waals surface area (Å²) < 4.78 is 23.8. The van der Waals surface area contributed by atoms with Gasteiger partial charge in [0.1, 0.15) is 5.82 Å². The van der Waals surface area contributed by atoms with Crippen molar-refractivity contribution in [3.05, 3.63) is 35.6 Å². The summed E-state index contributed by atoms with van der Waals surface area (Å²) in [6, 6.07) is 6.20. The van der Waals surface area contributed by atoms with Crippen molar-refractivity contribution in [1.29, 1.82) is 0 Å². The van der Waals surface area contributed by atoms with Crippen LogP contribution in [0.5, 0.6) is 0 Å². The molecule has 21 heavy (non-hydrogen) atoms. The molecular weight excluding hydrogens is 273 g/mol. The van der Waals surface area contributed by atoms with E-state index in [0.29, 0.717) is 19.8 Å². The Morgan fingerprint density at radius 1 is 1.29 bits per heavy atom. The number of carbonyl (C=O) groups excluding carboxylic acids is 1. The smallest absolute Gasteiger partial charge is 0.254 e. The van der Waals surface area contributed by atoms with E-state index in [9.17, 15) is 9.18 Å². The molecule has 0 spiro atoms. The lowest BCUT2D eigenvalue weighted by Crippen LogP contribution is -2.52. The van der Waals surface area contributed by atoms with Gasteiger partial charge in [-0.15, -0.1) is 0 Å². The standard InChI is InChI=1S/C16H22FNO3/c1-16(2,3)18(10-12-4-6-13(17)7-5-12)15(19)14-11-20-8-9-21-14/h4-7,14H,8-11H2,1-3H3/t14-/m1/s1. The maximum absolute atomic E-state index is 13.0. The molecule has 1 aromatic rings. The normalized spacial score (nSPS) is 19.3. The summed E-state index contributed by atoms with van der Waals surface area (Å²) >= 11 is 0. The second kappa shape index (κ2) is 6.54. The maximum atomic E-state index is 13.0. The van der Waals surface area contributed by atoms with Crippen molar-refractivity contribution in [2.24, 2.45) is 0 Å². The molecule has 1 fully saturated rings. The highest BCUT2D eigenvalue weighted by Crippen LogP contribution is 2.20. The van der Waals surface area contributed by atoms with Crippen molar-refractivity contribution in [3.8, 4) is 0 Å². The molecule has 0 radical (unpaired) electrons. The Morgan fingerprint density at radius 3 is 2.48 bits per heavy atom. The molecule has 0 aromatic heterocycles. The fourth-order valence-electron chi connectivity index (χ4n) is 2.22. The number of hydrogen-bond donors (Lipinski definition) is 0. The number of hydrogen-bond acceptors (Lipinski definition) is 3. The number of amides is 1. The highest BCUT2D eigenvalue weighted by Gasteiger charge is 2.33. The van der Waals surface area contributed by atoms with E-state index in [-0.39, 0.29) is 23.9 Å². The Hall–Kier alpha value is -1.46. The fourth-order valence-corrected chi connectivity index (χ4v) is 2.22. The van der Waals surface area contributed by atoms with E-state index in [1.807, 2.05) is 20.8 Å². The van der Waals surface area contributed by atoms with Crippen molar-refractivity contribution < 1.29 is 18.7 Å². The van der Waals surface area contributed by atoms with Crippen LogP contribution < -0.4 is 0 Å². The van der Waals surface area contributed by atoms with Gasteiger partial charge in [-0.25, -0.2) is 4.39 Å². The van der Waals surface area contributed by atoms with Crippen LogP contribution in [0.3, 0.4) is 0 Å². The van der Waals surface area contributed by atoms with Gasteiger partial charge in [0, 0.05) is 12.1 Å². The Kier molecular flexibility index (Phi) is 4.96. The Balaban J connectivity index is 2.14. The van der Waals surface area contributed by atoms with Gasteiger partial charge in [0.15, 0.2) is 6.10 Å². The summed E-state index contributed by atoms with van der Waals surface area (Å²) in [6.45, 7) is 7.58. The van der Waals surface area contributed by atoms with Crippen LogP contribution in [-0.4, -0.2) is 42.3 Å². The molecule has 1 aliphatic heterocycles. The molecule has 0 unspecified atom stereocenters. The number of carbonyl (C=O) groups is 1. The quantitative estimate of drug-likeness (QED) is 0.859. The Bertz CT molecular complexity index is 475. The summed E-state index contributed by atoms with van der Waals surface area (Å²) in [5, 5.41) is 0. The average molecular weight is 295 g/mol. The zero-order valence-electron chi connectivity index (χ0n) is 12.8. The van der Waals surface area contributed by atoms with E-state index < -0.39 is 6.10 Å². The first-order valence-corrected chi connectivity index (χ1v) is 7.13. The van der Waals surface area contributed by atoms with Crippen molar-refractivity contribution in [1.82, 2.24) is 4.90 Å². The van der Waals surface area contributed by atoms with E-state index in [1.54, 1.807) is 17.0 Å². The predicted octanol–water partition coefficient (Wildman–Crippen LogP) is 2.37. The molecule has 4 nitrogen and oxygen atoms in total. The summed E-state index contributed by atoms with van der Waals surface area (Å²) in [4.78, 5) is 14.4. The van der Waals surface area contributed by atoms with E-state index in [0.717, 1.165) is 5.56 Å². The first-order valence-electron chi connectivity index (χ1n) is 7.13. The third kappa shape index (κ3) is 4.25. The van der Waals surface area contributed by atoms with Crippen LogP contribution in [0.1, 0.15) is 26.3 Å². The topological polar surface area (TPSA) is 38.8 Å². The van der Waals surface area contributed by atoms with Crippen LogP contribution >= 0.6 is 0 Å². The van der Waals surface area contributed by atoms with Gasteiger partial charge in [-0.3, -0.25) is 4.79 Å². The highest BCUT2D eigenvalue weighted by molar-refractivity contribution is 5.81. The first kappa shape index (κ1) is 15.9. The van der Waals surface area contributed by atoms with Crippen LogP contribution in [0.2, 0.25) is 0 Å². The SMILES string of the molecule is CC(C)(C)N(Cc1ccc(F)cc1)C(=O)[C@H]1COCCO1. The number of nitrogens with zero attached hydrogens (tertiary/aromatic N) is 1.